The molecule has 0 spiro atoms. The lowest BCUT2D eigenvalue weighted by Gasteiger charge is -2.23. The minimum Gasteiger partial charge on any atom is -0.254 e. The smallest absolute Gasteiger partial charge is 0.0972 e. The van der Waals surface area contributed by atoms with Crippen LogP contribution in [0.1, 0.15) is 76.0 Å². The third-order valence-corrected chi connectivity index (χ3v) is 5.82. The van der Waals surface area contributed by atoms with Crippen molar-refractivity contribution >= 4 is 21.8 Å². The third-order valence-electron chi connectivity index (χ3n) is 5.82. The van der Waals surface area contributed by atoms with Crippen molar-refractivity contribution in [2.24, 2.45) is 0 Å². The summed E-state index contributed by atoms with van der Waals surface area (Å²) in [6.45, 7) is 13.7. The fourth-order valence-corrected chi connectivity index (χ4v) is 4.11. The SMILES string of the molecule is CC(C)c1cc(C(C)C)c(-c2ccc3ccc4cccnc4c3n2)c(C(C)C)c1. The van der Waals surface area contributed by atoms with Crippen molar-refractivity contribution in [2.45, 2.75) is 59.3 Å². The number of hydrogen-bond acceptors (Lipinski definition) is 2. The molecule has 0 saturated carbocycles. The molecule has 0 amide bonds. The number of fused-ring (bicyclic) bond motifs is 3. The Morgan fingerprint density at radius 2 is 1.24 bits per heavy atom. The van der Waals surface area contributed by atoms with E-state index in [1.165, 1.54) is 22.3 Å². The molecular weight excluding hydrogens is 352 g/mol. The summed E-state index contributed by atoms with van der Waals surface area (Å²) in [6.07, 6.45) is 1.85. The first-order valence-electron chi connectivity index (χ1n) is 10.7. The molecule has 148 valence electrons. The molecule has 2 heteroatoms. The fraction of sp³-hybridized carbons (Fsp3) is 0.333. The maximum Gasteiger partial charge on any atom is 0.0972 e. The van der Waals surface area contributed by atoms with Gasteiger partial charge in [-0.05, 0) is 46.6 Å². The zero-order valence-electron chi connectivity index (χ0n) is 18.3. The first kappa shape index (κ1) is 19.6. The average Bonchev–Trinajstić information content (AvgIpc) is 2.72. The third kappa shape index (κ3) is 3.53. The number of aromatic nitrogens is 2. The minimum atomic E-state index is 0.435. The van der Waals surface area contributed by atoms with Crippen LogP contribution in [0.25, 0.3) is 33.1 Å². The van der Waals surface area contributed by atoms with E-state index in [4.69, 9.17) is 4.98 Å². The van der Waals surface area contributed by atoms with Crippen LogP contribution in [-0.2, 0) is 0 Å². The summed E-state index contributed by atoms with van der Waals surface area (Å²) in [5, 5.41) is 2.27. The van der Waals surface area contributed by atoms with E-state index in [0.29, 0.717) is 17.8 Å². The monoisotopic (exact) mass is 382 g/mol. The predicted molar refractivity (Wildman–Crippen MR) is 125 cm³/mol. The van der Waals surface area contributed by atoms with Gasteiger partial charge < -0.3 is 0 Å². The van der Waals surface area contributed by atoms with Crippen molar-refractivity contribution < 1.29 is 0 Å². The topological polar surface area (TPSA) is 25.8 Å². The van der Waals surface area contributed by atoms with E-state index in [2.05, 4.69) is 89.0 Å². The second kappa shape index (κ2) is 7.59. The second-order valence-electron chi connectivity index (χ2n) is 8.95. The van der Waals surface area contributed by atoms with Gasteiger partial charge in [0, 0.05) is 22.5 Å². The molecule has 0 aliphatic rings. The Balaban J connectivity index is 2.05. The molecule has 2 heterocycles. The van der Waals surface area contributed by atoms with Crippen molar-refractivity contribution in [1.82, 2.24) is 9.97 Å². The van der Waals surface area contributed by atoms with Crippen molar-refractivity contribution in [1.29, 1.82) is 0 Å². The largest absolute Gasteiger partial charge is 0.254 e. The van der Waals surface area contributed by atoms with E-state index < -0.39 is 0 Å². The van der Waals surface area contributed by atoms with Gasteiger partial charge in [0.1, 0.15) is 0 Å². The summed E-state index contributed by atoms with van der Waals surface area (Å²) in [7, 11) is 0. The van der Waals surface area contributed by atoms with Crippen LogP contribution < -0.4 is 0 Å². The molecule has 0 fully saturated rings. The van der Waals surface area contributed by atoms with Crippen molar-refractivity contribution in [2.75, 3.05) is 0 Å². The lowest BCUT2D eigenvalue weighted by molar-refractivity contribution is 0.806. The predicted octanol–water partition coefficient (Wildman–Crippen LogP) is 7.82. The number of nitrogens with zero attached hydrogens (tertiary/aromatic N) is 2. The van der Waals surface area contributed by atoms with Crippen LogP contribution in [0.5, 0.6) is 0 Å². The Labute approximate surface area is 174 Å². The Morgan fingerprint density at radius 3 is 1.83 bits per heavy atom. The lowest BCUT2D eigenvalue weighted by Crippen LogP contribution is -2.04. The summed E-state index contributed by atoms with van der Waals surface area (Å²) >= 11 is 0. The maximum atomic E-state index is 5.17. The van der Waals surface area contributed by atoms with E-state index in [1.54, 1.807) is 0 Å². The highest BCUT2D eigenvalue weighted by Gasteiger charge is 2.20. The summed E-state index contributed by atoms with van der Waals surface area (Å²) in [5.41, 5.74) is 8.50. The van der Waals surface area contributed by atoms with E-state index in [-0.39, 0.29) is 0 Å². The van der Waals surface area contributed by atoms with Crippen LogP contribution in [0.3, 0.4) is 0 Å². The molecule has 0 aliphatic carbocycles. The second-order valence-corrected chi connectivity index (χ2v) is 8.95. The van der Waals surface area contributed by atoms with Crippen LogP contribution in [0.4, 0.5) is 0 Å². The first-order chi connectivity index (χ1) is 13.9. The number of hydrogen-bond donors (Lipinski definition) is 0. The Kier molecular flexibility index (Phi) is 5.12. The summed E-state index contributed by atoms with van der Waals surface area (Å²) < 4.78 is 0. The van der Waals surface area contributed by atoms with Gasteiger partial charge in [-0.3, -0.25) is 4.98 Å². The van der Waals surface area contributed by atoms with Crippen LogP contribution in [0.15, 0.2) is 54.7 Å². The van der Waals surface area contributed by atoms with E-state index in [0.717, 1.165) is 27.5 Å². The summed E-state index contributed by atoms with van der Waals surface area (Å²) in [4.78, 5) is 9.81. The van der Waals surface area contributed by atoms with Gasteiger partial charge in [0.25, 0.3) is 0 Å². The van der Waals surface area contributed by atoms with Gasteiger partial charge in [-0.2, -0.15) is 0 Å². The maximum absolute atomic E-state index is 5.17. The van der Waals surface area contributed by atoms with E-state index in [9.17, 15) is 0 Å². The van der Waals surface area contributed by atoms with Gasteiger partial charge in [0.2, 0.25) is 0 Å². The molecule has 2 nitrogen and oxygen atoms in total. The fourth-order valence-electron chi connectivity index (χ4n) is 4.11. The number of benzene rings is 2. The summed E-state index contributed by atoms with van der Waals surface area (Å²) in [5.74, 6) is 1.38. The van der Waals surface area contributed by atoms with Gasteiger partial charge in [0.05, 0.1) is 16.7 Å². The van der Waals surface area contributed by atoms with Gasteiger partial charge in [-0.1, -0.05) is 77.9 Å². The lowest BCUT2D eigenvalue weighted by atomic mass is 9.83. The van der Waals surface area contributed by atoms with Crippen LogP contribution in [-0.4, -0.2) is 9.97 Å². The van der Waals surface area contributed by atoms with E-state index in [1.807, 2.05) is 12.3 Å². The van der Waals surface area contributed by atoms with Gasteiger partial charge in [-0.25, -0.2) is 4.98 Å². The van der Waals surface area contributed by atoms with Gasteiger partial charge in [-0.15, -0.1) is 0 Å². The molecule has 0 radical (unpaired) electrons. The quantitative estimate of drug-likeness (QED) is 0.336. The molecule has 0 unspecified atom stereocenters. The van der Waals surface area contributed by atoms with E-state index >= 15 is 0 Å². The highest BCUT2D eigenvalue weighted by molar-refractivity contribution is 6.03. The Morgan fingerprint density at radius 1 is 0.655 bits per heavy atom. The Hall–Kier alpha value is -2.74. The number of pyridine rings is 2. The van der Waals surface area contributed by atoms with Gasteiger partial charge >= 0.3 is 0 Å². The molecule has 4 aromatic rings. The number of rotatable bonds is 4. The standard InChI is InChI=1S/C27H30N2/c1-16(2)21-14-22(17(3)4)25(23(15-21)18(5)6)24-12-11-20-10-9-19-8-7-13-28-26(19)27(20)29-24/h7-18H,1-6H3. The minimum absolute atomic E-state index is 0.435. The molecule has 0 bridgehead atoms. The van der Waals surface area contributed by atoms with Crippen LogP contribution in [0, 0.1) is 0 Å². The normalized spacial score (nSPS) is 12.0. The average molecular weight is 383 g/mol. The van der Waals surface area contributed by atoms with Gasteiger partial charge in [0.15, 0.2) is 0 Å². The highest BCUT2D eigenvalue weighted by Crippen LogP contribution is 2.39. The molecule has 2 aromatic carbocycles. The molecule has 4 rings (SSSR count). The molecule has 0 saturated heterocycles. The van der Waals surface area contributed by atoms with Crippen molar-refractivity contribution in [3.8, 4) is 11.3 Å². The van der Waals surface area contributed by atoms with Crippen LogP contribution >= 0.6 is 0 Å². The molecule has 0 aliphatic heterocycles. The summed E-state index contributed by atoms with van der Waals surface area (Å²) in [6, 6.07) is 17.5. The first-order valence-corrected chi connectivity index (χ1v) is 10.7. The Bertz CT molecular complexity index is 1160. The molecular formula is C27H30N2. The zero-order chi connectivity index (χ0) is 20.7. The van der Waals surface area contributed by atoms with Crippen molar-refractivity contribution in [3.63, 3.8) is 0 Å². The molecule has 0 N–H and O–H groups in total. The highest BCUT2D eigenvalue weighted by atomic mass is 14.8. The molecule has 2 aromatic heterocycles. The zero-order valence-corrected chi connectivity index (χ0v) is 18.3. The van der Waals surface area contributed by atoms with Crippen molar-refractivity contribution in [3.05, 3.63) is 71.4 Å². The molecule has 29 heavy (non-hydrogen) atoms. The molecule has 0 atom stereocenters. The van der Waals surface area contributed by atoms with Crippen LogP contribution in [0.2, 0.25) is 0 Å².